The number of thioether (sulfide) groups is 1. The van der Waals surface area contributed by atoms with Crippen molar-refractivity contribution in [3.8, 4) is 5.75 Å². The van der Waals surface area contributed by atoms with Gasteiger partial charge in [0.2, 0.25) is 5.91 Å². The number of benzene rings is 3. The second kappa shape index (κ2) is 12.4. The van der Waals surface area contributed by atoms with E-state index in [-0.39, 0.29) is 11.4 Å². The number of carbonyl (C=O) groups excluding carboxylic acids is 3. The predicted molar refractivity (Wildman–Crippen MR) is 153 cm³/mol. The molecule has 0 bridgehead atoms. The van der Waals surface area contributed by atoms with Crippen LogP contribution in [0.2, 0.25) is 5.02 Å². The van der Waals surface area contributed by atoms with Crippen LogP contribution >= 0.6 is 23.4 Å². The van der Waals surface area contributed by atoms with Gasteiger partial charge < -0.3 is 19.7 Å². The molecular weight excluding hydrogens is 538 g/mol. The van der Waals surface area contributed by atoms with Crippen LogP contribution < -0.4 is 15.0 Å². The highest BCUT2D eigenvalue weighted by atomic mass is 35.5. The molecule has 3 aromatic rings. The van der Waals surface area contributed by atoms with Crippen molar-refractivity contribution in [2.24, 2.45) is 0 Å². The summed E-state index contributed by atoms with van der Waals surface area (Å²) >= 11 is 6.98. The highest BCUT2D eigenvalue weighted by Gasteiger charge is 2.36. The first-order valence-electron chi connectivity index (χ1n) is 12.4. The number of morpholine rings is 1. The van der Waals surface area contributed by atoms with E-state index in [4.69, 9.17) is 21.1 Å². The van der Waals surface area contributed by atoms with Gasteiger partial charge in [-0.15, -0.1) is 0 Å². The topological polar surface area (TPSA) is 88.2 Å². The first-order valence-corrected chi connectivity index (χ1v) is 13.6. The average Bonchev–Trinajstić information content (AvgIpc) is 3.21. The fourth-order valence-corrected chi connectivity index (χ4v) is 5.17. The van der Waals surface area contributed by atoms with Gasteiger partial charge in [-0.3, -0.25) is 19.3 Å². The third kappa shape index (κ3) is 6.81. The van der Waals surface area contributed by atoms with E-state index in [1.54, 1.807) is 42.5 Å². The SMILES string of the molecule is O=C(CN1C(=O)S/C(=C/c2ccc(OCc3ccccc3Cl)cc2)C1=O)Nc1ccc(N2CCOCC2)cc1. The molecule has 10 heteroatoms. The van der Waals surface area contributed by atoms with Crippen LogP contribution in [0.3, 0.4) is 0 Å². The van der Waals surface area contributed by atoms with Gasteiger partial charge in [0.25, 0.3) is 11.1 Å². The second-order valence-electron chi connectivity index (χ2n) is 8.91. The fraction of sp³-hybridized carbons (Fsp3) is 0.207. The van der Waals surface area contributed by atoms with Crippen LogP contribution in [-0.2, 0) is 20.9 Å². The maximum Gasteiger partial charge on any atom is 0.294 e. The molecule has 0 aliphatic carbocycles. The van der Waals surface area contributed by atoms with E-state index in [9.17, 15) is 14.4 Å². The third-order valence-corrected chi connectivity index (χ3v) is 7.51. The van der Waals surface area contributed by atoms with Crippen LogP contribution in [0.4, 0.5) is 16.2 Å². The zero-order valence-electron chi connectivity index (χ0n) is 21.0. The highest BCUT2D eigenvalue weighted by molar-refractivity contribution is 8.18. The van der Waals surface area contributed by atoms with Crippen LogP contribution in [0.1, 0.15) is 11.1 Å². The number of nitrogens with zero attached hydrogens (tertiary/aromatic N) is 2. The summed E-state index contributed by atoms with van der Waals surface area (Å²) in [4.78, 5) is 41.4. The Morgan fingerprint density at radius 3 is 2.44 bits per heavy atom. The molecule has 1 N–H and O–H groups in total. The molecule has 2 heterocycles. The van der Waals surface area contributed by atoms with E-state index in [0.717, 1.165) is 46.6 Å². The van der Waals surface area contributed by atoms with Crippen molar-refractivity contribution in [3.63, 3.8) is 0 Å². The number of ether oxygens (including phenoxy) is 2. The first kappa shape index (κ1) is 26.8. The summed E-state index contributed by atoms with van der Waals surface area (Å²) in [6, 6.07) is 22.1. The summed E-state index contributed by atoms with van der Waals surface area (Å²) in [5, 5.41) is 2.92. The number of carbonyl (C=O) groups is 3. The molecule has 0 radical (unpaired) electrons. The van der Waals surface area contributed by atoms with Gasteiger partial charge in [0.15, 0.2) is 0 Å². The standard InChI is InChI=1S/C29H26ClN3O5S/c30-25-4-2-1-3-21(25)19-38-24-11-5-20(6-12-24)17-26-28(35)33(29(36)39-26)18-27(34)31-22-7-9-23(10-8-22)32-13-15-37-16-14-32/h1-12,17H,13-16,18-19H2,(H,31,34)/b26-17+. The summed E-state index contributed by atoms with van der Waals surface area (Å²) in [6.45, 7) is 2.99. The summed E-state index contributed by atoms with van der Waals surface area (Å²) in [7, 11) is 0. The zero-order valence-corrected chi connectivity index (χ0v) is 22.5. The van der Waals surface area contributed by atoms with E-state index < -0.39 is 17.1 Å². The van der Waals surface area contributed by atoms with E-state index in [0.29, 0.717) is 36.3 Å². The molecule has 0 spiro atoms. The smallest absolute Gasteiger partial charge is 0.294 e. The van der Waals surface area contributed by atoms with Gasteiger partial charge in [-0.1, -0.05) is 41.9 Å². The van der Waals surface area contributed by atoms with Crippen LogP contribution in [-0.4, -0.2) is 54.8 Å². The molecule has 0 aromatic heterocycles. The van der Waals surface area contributed by atoms with E-state index >= 15 is 0 Å². The minimum absolute atomic E-state index is 0.257. The first-order chi connectivity index (χ1) is 19.0. The Kier molecular flexibility index (Phi) is 8.51. The lowest BCUT2D eigenvalue weighted by atomic mass is 10.2. The minimum Gasteiger partial charge on any atom is -0.489 e. The molecule has 3 aromatic carbocycles. The number of amides is 3. The molecule has 5 rings (SSSR count). The van der Waals surface area contributed by atoms with Gasteiger partial charge in [0.1, 0.15) is 18.9 Å². The number of rotatable bonds is 8. The van der Waals surface area contributed by atoms with E-state index in [2.05, 4.69) is 10.2 Å². The largest absolute Gasteiger partial charge is 0.489 e. The molecule has 0 atom stereocenters. The van der Waals surface area contributed by atoms with Gasteiger partial charge in [-0.25, -0.2) is 0 Å². The highest BCUT2D eigenvalue weighted by Crippen LogP contribution is 2.32. The molecule has 2 fully saturated rings. The van der Waals surface area contributed by atoms with Gasteiger partial charge in [0, 0.05) is 35.1 Å². The molecule has 8 nitrogen and oxygen atoms in total. The van der Waals surface area contributed by atoms with Gasteiger partial charge in [-0.05, 0) is 65.9 Å². The van der Waals surface area contributed by atoms with Crippen LogP contribution in [0.25, 0.3) is 6.08 Å². The summed E-state index contributed by atoms with van der Waals surface area (Å²) in [5.74, 6) is -0.297. The Morgan fingerprint density at radius 1 is 1.00 bits per heavy atom. The van der Waals surface area contributed by atoms with Crippen molar-refractivity contribution < 1.29 is 23.9 Å². The van der Waals surface area contributed by atoms with E-state index in [1.807, 2.05) is 36.4 Å². The molecule has 0 unspecified atom stereocenters. The molecule has 2 saturated heterocycles. The minimum atomic E-state index is -0.498. The molecule has 0 saturated carbocycles. The fourth-order valence-electron chi connectivity index (χ4n) is 4.15. The third-order valence-electron chi connectivity index (χ3n) is 6.23. The monoisotopic (exact) mass is 563 g/mol. The lowest BCUT2D eigenvalue weighted by molar-refractivity contribution is -0.127. The van der Waals surface area contributed by atoms with Crippen LogP contribution in [0, 0.1) is 0 Å². The summed E-state index contributed by atoms with van der Waals surface area (Å²) in [5.41, 5.74) is 3.25. The number of nitrogens with one attached hydrogen (secondary N) is 1. The van der Waals surface area contributed by atoms with E-state index in [1.165, 1.54) is 0 Å². The number of hydrogen-bond donors (Lipinski definition) is 1. The van der Waals surface area contributed by atoms with Crippen molar-refractivity contribution in [1.82, 2.24) is 4.90 Å². The molecule has 200 valence electrons. The maximum atomic E-state index is 12.9. The van der Waals surface area contributed by atoms with Crippen molar-refractivity contribution >= 4 is 57.9 Å². The lowest BCUT2D eigenvalue weighted by Gasteiger charge is -2.28. The Morgan fingerprint density at radius 2 is 1.72 bits per heavy atom. The van der Waals surface area contributed by atoms with Crippen molar-refractivity contribution in [3.05, 3.63) is 93.9 Å². The molecule has 3 amide bonds. The Labute approximate surface area is 235 Å². The van der Waals surface area contributed by atoms with Crippen LogP contribution in [0.15, 0.2) is 77.7 Å². The van der Waals surface area contributed by atoms with Gasteiger partial charge >= 0.3 is 0 Å². The zero-order chi connectivity index (χ0) is 27.2. The molecule has 2 aliphatic heterocycles. The van der Waals surface area contributed by atoms with Crippen LogP contribution in [0.5, 0.6) is 5.75 Å². The average molecular weight is 564 g/mol. The quantitative estimate of drug-likeness (QED) is 0.366. The Balaban J connectivity index is 1.15. The Bertz CT molecular complexity index is 1390. The van der Waals surface area contributed by atoms with Crippen molar-refractivity contribution in [1.29, 1.82) is 0 Å². The number of imide groups is 1. The van der Waals surface area contributed by atoms with Gasteiger partial charge in [0.05, 0.1) is 18.1 Å². The van der Waals surface area contributed by atoms with Crippen molar-refractivity contribution in [2.75, 3.05) is 43.1 Å². The molecule has 2 aliphatic rings. The molecule has 39 heavy (non-hydrogen) atoms. The van der Waals surface area contributed by atoms with Crippen molar-refractivity contribution in [2.45, 2.75) is 6.61 Å². The Hall–Kier alpha value is -3.79. The summed E-state index contributed by atoms with van der Waals surface area (Å²) < 4.78 is 11.2. The normalized spacial score (nSPS) is 16.6. The number of halogens is 1. The molecular formula is C29H26ClN3O5S. The lowest BCUT2D eigenvalue weighted by Crippen LogP contribution is -2.36. The maximum absolute atomic E-state index is 12.9. The van der Waals surface area contributed by atoms with Gasteiger partial charge in [-0.2, -0.15) is 0 Å². The second-order valence-corrected chi connectivity index (χ2v) is 10.3. The predicted octanol–water partition coefficient (Wildman–Crippen LogP) is 5.43. The number of anilines is 2. The summed E-state index contributed by atoms with van der Waals surface area (Å²) in [6.07, 6.45) is 1.63. The number of hydrogen-bond acceptors (Lipinski definition) is 7.